The molecular weight excluding hydrogens is 534 g/mol. The molecule has 1 heterocycles. The summed E-state index contributed by atoms with van der Waals surface area (Å²) in [5, 5.41) is 19.0. The number of aliphatic carboxylic acids is 1. The van der Waals surface area contributed by atoms with Gasteiger partial charge in [-0.3, -0.25) is 14.4 Å². The van der Waals surface area contributed by atoms with Crippen molar-refractivity contribution in [2.75, 3.05) is 0 Å². The summed E-state index contributed by atoms with van der Waals surface area (Å²) in [6.07, 6.45) is 3.36. The third kappa shape index (κ3) is 8.42. The molecule has 0 fully saturated rings. The highest BCUT2D eigenvalue weighted by atomic mass is 16.4. The van der Waals surface area contributed by atoms with E-state index in [9.17, 15) is 24.3 Å². The van der Waals surface area contributed by atoms with E-state index in [0.717, 1.165) is 22.0 Å². The van der Waals surface area contributed by atoms with Gasteiger partial charge in [0.1, 0.15) is 18.1 Å². The Labute approximate surface area is 246 Å². The zero-order chi connectivity index (χ0) is 30.8. The lowest BCUT2D eigenvalue weighted by molar-refractivity contribution is -0.142. The molecule has 0 saturated heterocycles. The molecule has 3 amide bonds. The predicted molar refractivity (Wildman–Crippen MR) is 162 cm³/mol. The normalized spacial score (nSPS) is 15.5. The Hall–Kier alpha value is -4.18. The first-order valence-corrected chi connectivity index (χ1v) is 14.5. The number of hydrogen-bond acceptors (Lipinski definition) is 5. The number of carbonyl (C=O) groups is 4. The topological polar surface area (TPSA) is 166 Å². The molecule has 3 rings (SSSR count). The monoisotopic (exact) mass is 577 g/mol. The van der Waals surface area contributed by atoms with Crippen molar-refractivity contribution in [2.24, 2.45) is 17.6 Å². The number of aromatic amines is 1. The Morgan fingerprint density at radius 2 is 1.33 bits per heavy atom. The summed E-state index contributed by atoms with van der Waals surface area (Å²) in [5.74, 6) is -3.30. The van der Waals surface area contributed by atoms with Crippen LogP contribution in [0.5, 0.6) is 0 Å². The number of H-pyrrole nitrogens is 1. The molecule has 0 aliphatic rings. The van der Waals surface area contributed by atoms with Crippen LogP contribution in [-0.4, -0.2) is 57.9 Å². The van der Waals surface area contributed by atoms with Crippen molar-refractivity contribution < 1.29 is 24.3 Å². The van der Waals surface area contributed by atoms with Crippen molar-refractivity contribution >= 4 is 34.6 Å². The van der Waals surface area contributed by atoms with Gasteiger partial charge in [0, 0.05) is 23.5 Å². The number of amides is 3. The Morgan fingerprint density at radius 1 is 0.786 bits per heavy atom. The fraction of sp³-hybridized carbons (Fsp3) is 0.438. The van der Waals surface area contributed by atoms with Gasteiger partial charge in [0.15, 0.2) is 0 Å². The predicted octanol–water partition coefficient (Wildman–Crippen LogP) is 2.91. The van der Waals surface area contributed by atoms with Crippen LogP contribution in [0, 0.1) is 11.8 Å². The fourth-order valence-corrected chi connectivity index (χ4v) is 4.85. The molecule has 0 spiro atoms. The molecule has 42 heavy (non-hydrogen) atoms. The molecule has 0 bridgehead atoms. The summed E-state index contributed by atoms with van der Waals surface area (Å²) in [6.45, 7) is 7.44. The van der Waals surface area contributed by atoms with Gasteiger partial charge in [-0.05, 0) is 35.4 Å². The molecule has 10 nitrogen and oxygen atoms in total. The average Bonchev–Trinajstić information content (AvgIpc) is 3.40. The molecule has 7 N–H and O–H groups in total. The molecular formula is C32H43N5O5. The number of benzene rings is 2. The molecule has 1 aromatic heterocycles. The van der Waals surface area contributed by atoms with Crippen molar-refractivity contribution in [3.8, 4) is 0 Å². The van der Waals surface area contributed by atoms with E-state index >= 15 is 0 Å². The molecule has 10 heteroatoms. The highest BCUT2D eigenvalue weighted by Gasteiger charge is 2.34. The van der Waals surface area contributed by atoms with Crippen LogP contribution in [0.4, 0.5) is 0 Å². The average molecular weight is 578 g/mol. The van der Waals surface area contributed by atoms with E-state index in [4.69, 9.17) is 5.73 Å². The van der Waals surface area contributed by atoms with Crippen LogP contribution in [0.25, 0.3) is 10.9 Å². The Kier molecular flexibility index (Phi) is 11.7. The number of para-hydroxylation sites is 1. The van der Waals surface area contributed by atoms with Gasteiger partial charge < -0.3 is 31.8 Å². The fourth-order valence-electron chi connectivity index (χ4n) is 4.85. The number of carboxylic acid groups (broad SMARTS) is 1. The van der Waals surface area contributed by atoms with Crippen molar-refractivity contribution in [2.45, 2.75) is 77.5 Å². The summed E-state index contributed by atoms with van der Waals surface area (Å²) in [4.78, 5) is 55.2. The van der Waals surface area contributed by atoms with Crippen molar-refractivity contribution in [1.29, 1.82) is 0 Å². The van der Waals surface area contributed by atoms with Gasteiger partial charge >= 0.3 is 5.97 Å². The molecule has 0 aliphatic carbocycles. The second-order valence-electron chi connectivity index (χ2n) is 11.0. The summed E-state index contributed by atoms with van der Waals surface area (Å²) in [5.41, 5.74) is 8.88. The standard InChI is InChI=1S/C32H43N5O5/c1-5-19(3)27(30(39)35-26(32(41)42)16-21-12-8-7-9-13-21)37-31(40)28(20(4)6-2)36-29(38)24(33)17-22-18-34-25-15-11-10-14-23(22)25/h7-15,18-20,24,26-28,34H,5-6,16-17,33H2,1-4H3,(H,35,39)(H,36,38)(H,37,40)(H,41,42). The minimum atomic E-state index is -1.17. The summed E-state index contributed by atoms with van der Waals surface area (Å²) in [7, 11) is 0. The van der Waals surface area contributed by atoms with Crippen LogP contribution in [0.2, 0.25) is 0 Å². The van der Waals surface area contributed by atoms with Gasteiger partial charge in [0.05, 0.1) is 6.04 Å². The second kappa shape index (κ2) is 15.2. The highest BCUT2D eigenvalue weighted by molar-refractivity contribution is 5.94. The maximum Gasteiger partial charge on any atom is 0.326 e. The largest absolute Gasteiger partial charge is 0.480 e. The molecule has 6 unspecified atom stereocenters. The lowest BCUT2D eigenvalue weighted by Crippen LogP contribution is -2.60. The summed E-state index contributed by atoms with van der Waals surface area (Å²) in [6, 6.07) is 12.7. The number of fused-ring (bicyclic) bond motifs is 1. The SMILES string of the molecule is CCC(C)C(NC(=O)C(N)Cc1c[nH]c2ccccc12)C(=O)NC(C(=O)NC(Cc1ccccc1)C(=O)O)C(C)CC. The van der Waals surface area contributed by atoms with E-state index in [-0.39, 0.29) is 24.7 Å². The zero-order valence-corrected chi connectivity index (χ0v) is 24.7. The van der Waals surface area contributed by atoms with Gasteiger partial charge in [-0.1, -0.05) is 89.1 Å². The van der Waals surface area contributed by atoms with Gasteiger partial charge in [-0.15, -0.1) is 0 Å². The smallest absolute Gasteiger partial charge is 0.326 e. The lowest BCUT2D eigenvalue weighted by atomic mass is 9.94. The van der Waals surface area contributed by atoms with Gasteiger partial charge in [0.2, 0.25) is 17.7 Å². The minimum absolute atomic E-state index is 0.100. The first kappa shape index (κ1) is 32.3. The van der Waals surface area contributed by atoms with Crippen LogP contribution in [0.3, 0.4) is 0 Å². The van der Waals surface area contributed by atoms with Crippen LogP contribution >= 0.6 is 0 Å². The van der Waals surface area contributed by atoms with Crippen LogP contribution in [-0.2, 0) is 32.0 Å². The van der Waals surface area contributed by atoms with E-state index in [0.29, 0.717) is 12.8 Å². The van der Waals surface area contributed by atoms with Gasteiger partial charge in [-0.25, -0.2) is 4.79 Å². The number of carboxylic acids is 1. The van der Waals surface area contributed by atoms with Crippen LogP contribution in [0.1, 0.15) is 51.7 Å². The minimum Gasteiger partial charge on any atom is -0.480 e. The van der Waals surface area contributed by atoms with E-state index in [1.54, 1.807) is 24.3 Å². The van der Waals surface area contributed by atoms with Crippen LogP contribution < -0.4 is 21.7 Å². The molecule has 2 aromatic carbocycles. The summed E-state index contributed by atoms with van der Waals surface area (Å²) < 4.78 is 0. The van der Waals surface area contributed by atoms with E-state index in [1.807, 2.05) is 64.2 Å². The maximum absolute atomic E-state index is 13.6. The van der Waals surface area contributed by atoms with Crippen LogP contribution in [0.15, 0.2) is 60.8 Å². The molecule has 0 radical (unpaired) electrons. The van der Waals surface area contributed by atoms with Gasteiger partial charge in [0.25, 0.3) is 0 Å². The van der Waals surface area contributed by atoms with E-state index in [1.165, 1.54) is 0 Å². The van der Waals surface area contributed by atoms with Crippen molar-refractivity contribution in [1.82, 2.24) is 20.9 Å². The van der Waals surface area contributed by atoms with E-state index in [2.05, 4.69) is 20.9 Å². The third-order valence-electron chi connectivity index (χ3n) is 7.94. The number of nitrogens with two attached hydrogens (primary N) is 1. The maximum atomic E-state index is 13.6. The Balaban J connectivity index is 1.71. The Morgan fingerprint density at radius 3 is 1.93 bits per heavy atom. The molecule has 226 valence electrons. The highest BCUT2D eigenvalue weighted by Crippen LogP contribution is 2.19. The third-order valence-corrected chi connectivity index (χ3v) is 7.94. The van der Waals surface area contributed by atoms with Crippen molar-refractivity contribution in [3.63, 3.8) is 0 Å². The quantitative estimate of drug-likeness (QED) is 0.162. The number of carbonyl (C=O) groups excluding carboxylic acids is 3. The van der Waals surface area contributed by atoms with E-state index < -0.39 is 47.9 Å². The number of aromatic nitrogens is 1. The number of rotatable bonds is 15. The zero-order valence-electron chi connectivity index (χ0n) is 24.7. The lowest BCUT2D eigenvalue weighted by Gasteiger charge is -2.30. The number of nitrogens with one attached hydrogen (secondary N) is 4. The molecule has 0 aliphatic heterocycles. The number of hydrogen-bond donors (Lipinski definition) is 6. The molecule has 6 atom stereocenters. The summed E-state index contributed by atoms with van der Waals surface area (Å²) >= 11 is 0. The first-order valence-electron chi connectivity index (χ1n) is 14.5. The van der Waals surface area contributed by atoms with Gasteiger partial charge in [-0.2, -0.15) is 0 Å². The second-order valence-corrected chi connectivity index (χ2v) is 11.0. The van der Waals surface area contributed by atoms with Crippen molar-refractivity contribution in [3.05, 3.63) is 71.9 Å². The molecule has 3 aromatic rings. The first-order chi connectivity index (χ1) is 20.0. The Bertz CT molecular complexity index is 1360. The molecule has 0 saturated carbocycles.